The second-order valence-electron chi connectivity index (χ2n) is 8.85. The van der Waals surface area contributed by atoms with Gasteiger partial charge in [0.05, 0.1) is 18.7 Å². The Labute approximate surface area is 185 Å². The minimum absolute atomic E-state index is 0.00294. The molecule has 1 saturated carbocycles. The van der Waals surface area contributed by atoms with E-state index < -0.39 is 0 Å². The van der Waals surface area contributed by atoms with Crippen LogP contribution in [0.5, 0.6) is 11.5 Å². The Morgan fingerprint density at radius 3 is 2.48 bits per heavy atom. The molecule has 3 aromatic rings. The van der Waals surface area contributed by atoms with E-state index in [0.717, 1.165) is 42.2 Å². The zero-order chi connectivity index (χ0) is 21.6. The van der Waals surface area contributed by atoms with Crippen LogP contribution in [-0.4, -0.2) is 16.7 Å². The highest BCUT2D eigenvalue weighted by Crippen LogP contribution is 2.44. The highest BCUT2D eigenvalue weighted by atomic mass is 16.5. The number of aromatic nitrogens is 1. The van der Waals surface area contributed by atoms with Gasteiger partial charge in [-0.1, -0.05) is 63.1 Å². The third-order valence-electron chi connectivity index (χ3n) is 6.44. The summed E-state index contributed by atoms with van der Waals surface area (Å²) >= 11 is 0. The van der Waals surface area contributed by atoms with Crippen LogP contribution in [-0.2, 0) is 6.42 Å². The molecule has 0 amide bonds. The number of nitrogens with zero attached hydrogens (tertiary/aromatic N) is 1. The molecule has 1 aliphatic carbocycles. The summed E-state index contributed by atoms with van der Waals surface area (Å²) in [5.41, 5.74) is 0.921. The monoisotopic (exact) mass is 418 g/mol. The van der Waals surface area contributed by atoms with Gasteiger partial charge >= 0.3 is 0 Å². The first-order valence-electron chi connectivity index (χ1n) is 11.3. The van der Waals surface area contributed by atoms with Crippen LogP contribution in [0, 0.1) is 17.8 Å². The Bertz CT molecular complexity index is 944. The van der Waals surface area contributed by atoms with Crippen LogP contribution in [0.2, 0.25) is 0 Å². The quantitative estimate of drug-likeness (QED) is 0.428. The van der Waals surface area contributed by atoms with Gasteiger partial charge < -0.3 is 14.3 Å². The molecular weight excluding hydrogens is 386 g/mol. The molecule has 4 heteroatoms. The summed E-state index contributed by atoms with van der Waals surface area (Å²) in [6.07, 6.45) is 7.35. The molecule has 0 bridgehead atoms. The first kappa shape index (κ1) is 21.5. The average molecular weight is 419 g/mol. The lowest BCUT2D eigenvalue weighted by molar-refractivity contribution is 0.246. The van der Waals surface area contributed by atoms with Crippen LogP contribution in [0.25, 0.3) is 0 Å². The van der Waals surface area contributed by atoms with Crippen molar-refractivity contribution in [3.63, 3.8) is 0 Å². The fourth-order valence-corrected chi connectivity index (χ4v) is 4.58. The molecule has 0 spiro atoms. The number of rotatable bonds is 9. The predicted octanol–water partition coefficient (Wildman–Crippen LogP) is 6.55. The van der Waals surface area contributed by atoms with E-state index in [-0.39, 0.29) is 11.8 Å². The number of aromatic hydroxyl groups is 1. The molecule has 163 valence electrons. The topological polar surface area (TPSA) is 55.5 Å². The maximum absolute atomic E-state index is 10.5. The van der Waals surface area contributed by atoms with Gasteiger partial charge in [0, 0.05) is 17.9 Å². The largest absolute Gasteiger partial charge is 0.508 e. The van der Waals surface area contributed by atoms with Crippen molar-refractivity contribution in [3.05, 3.63) is 83.9 Å². The number of phenols is 1. The molecule has 0 saturated heterocycles. The van der Waals surface area contributed by atoms with Gasteiger partial charge in [-0.2, -0.15) is 0 Å². The van der Waals surface area contributed by atoms with E-state index in [1.807, 2.05) is 54.7 Å². The normalized spacial score (nSPS) is 16.5. The predicted molar refractivity (Wildman–Crippen MR) is 122 cm³/mol. The number of benzene rings is 2. The Morgan fingerprint density at radius 1 is 1.06 bits per heavy atom. The van der Waals surface area contributed by atoms with Crippen LogP contribution in [0.1, 0.15) is 62.7 Å². The van der Waals surface area contributed by atoms with Crippen LogP contribution < -0.4 is 4.74 Å². The maximum Gasteiger partial charge on any atom is 0.202 e. The molecule has 2 aromatic carbocycles. The molecule has 4 nitrogen and oxygen atoms in total. The molecule has 0 aliphatic heterocycles. The smallest absolute Gasteiger partial charge is 0.202 e. The summed E-state index contributed by atoms with van der Waals surface area (Å²) < 4.78 is 12.3. The zero-order valence-corrected chi connectivity index (χ0v) is 18.5. The second-order valence-corrected chi connectivity index (χ2v) is 8.85. The van der Waals surface area contributed by atoms with E-state index in [9.17, 15) is 5.11 Å². The fourth-order valence-electron chi connectivity index (χ4n) is 4.58. The van der Waals surface area contributed by atoms with Gasteiger partial charge in [-0.25, -0.2) is 4.98 Å². The summed E-state index contributed by atoms with van der Waals surface area (Å²) in [6, 6.07) is 17.5. The summed E-state index contributed by atoms with van der Waals surface area (Å²) in [6.45, 7) is 4.88. The van der Waals surface area contributed by atoms with E-state index in [0.29, 0.717) is 18.3 Å². The van der Waals surface area contributed by atoms with Crippen molar-refractivity contribution in [1.29, 1.82) is 0 Å². The highest BCUT2D eigenvalue weighted by molar-refractivity contribution is 5.38. The van der Waals surface area contributed by atoms with E-state index in [1.54, 1.807) is 6.07 Å². The van der Waals surface area contributed by atoms with Crippen LogP contribution >= 0.6 is 0 Å². The lowest BCUT2D eigenvalue weighted by Crippen LogP contribution is -2.19. The molecular formula is C27H32NO3. The van der Waals surface area contributed by atoms with Gasteiger partial charge in [-0.15, -0.1) is 0 Å². The molecule has 31 heavy (non-hydrogen) atoms. The Balaban J connectivity index is 1.51. The van der Waals surface area contributed by atoms with Crippen molar-refractivity contribution < 1.29 is 14.3 Å². The first-order valence-corrected chi connectivity index (χ1v) is 11.3. The van der Waals surface area contributed by atoms with Crippen LogP contribution in [0.4, 0.5) is 0 Å². The average Bonchev–Trinajstić information content (AvgIpc) is 3.46. The lowest BCUT2D eigenvalue weighted by atomic mass is 9.84. The number of hydrogen-bond donors (Lipinski definition) is 1. The zero-order valence-electron chi connectivity index (χ0n) is 18.5. The van der Waals surface area contributed by atoms with Gasteiger partial charge in [0.15, 0.2) is 0 Å². The molecule has 2 atom stereocenters. The summed E-state index contributed by atoms with van der Waals surface area (Å²) in [4.78, 5) is 4.68. The van der Waals surface area contributed by atoms with Crippen LogP contribution in [0.15, 0.2) is 65.2 Å². The van der Waals surface area contributed by atoms with E-state index >= 15 is 0 Å². The van der Waals surface area contributed by atoms with E-state index in [1.165, 1.54) is 18.8 Å². The molecule has 1 N–H and O–H groups in total. The Morgan fingerprint density at radius 2 is 1.77 bits per heavy atom. The van der Waals surface area contributed by atoms with Gasteiger partial charge in [0.2, 0.25) is 5.89 Å². The third-order valence-corrected chi connectivity index (χ3v) is 6.44. The number of hydrogen-bond acceptors (Lipinski definition) is 4. The van der Waals surface area contributed by atoms with Gasteiger partial charge in [0.25, 0.3) is 0 Å². The molecule has 1 heterocycles. The van der Waals surface area contributed by atoms with Crippen molar-refractivity contribution in [1.82, 2.24) is 4.98 Å². The minimum Gasteiger partial charge on any atom is -0.508 e. The number of ether oxygens (including phenoxy) is 1. The van der Waals surface area contributed by atoms with Gasteiger partial charge in [-0.3, -0.25) is 0 Å². The Kier molecular flexibility index (Phi) is 6.96. The maximum atomic E-state index is 10.5. The van der Waals surface area contributed by atoms with Crippen molar-refractivity contribution in [2.24, 2.45) is 11.8 Å². The molecule has 4 rings (SSSR count). The lowest BCUT2D eigenvalue weighted by Gasteiger charge is -2.22. The highest BCUT2D eigenvalue weighted by Gasteiger charge is 2.33. The van der Waals surface area contributed by atoms with Gasteiger partial charge in [-0.05, 0) is 42.9 Å². The summed E-state index contributed by atoms with van der Waals surface area (Å²) in [5.74, 6) is 4.81. The third kappa shape index (κ3) is 5.30. The first-order chi connectivity index (χ1) is 15.1. The fraction of sp³-hybridized carbons (Fsp3) is 0.407. The summed E-state index contributed by atoms with van der Waals surface area (Å²) in [7, 11) is 0. The molecule has 1 fully saturated rings. The van der Waals surface area contributed by atoms with Crippen molar-refractivity contribution >= 4 is 0 Å². The minimum atomic E-state index is 0.00294. The van der Waals surface area contributed by atoms with Crippen molar-refractivity contribution in [2.45, 2.75) is 51.9 Å². The molecule has 1 aromatic heterocycles. The summed E-state index contributed by atoms with van der Waals surface area (Å²) in [5, 5.41) is 10.5. The van der Waals surface area contributed by atoms with Crippen molar-refractivity contribution in [2.75, 3.05) is 6.61 Å². The SMILES string of the molecule is C[C](C)C(COc1ccccc1)Cc1cnc(C(c2ccccc2O)C2CCCC2)o1. The molecule has 2 unspecified atom stereocenters. The van der Waals surface area contributed by atoms with Gasteiger partial charge in [0.1, 0.15) is 17.3 Å². The number of para-hydroxylation sites is 2. The standard InChI is InChI=1S/C27H32NO3/c1-19(2)21(18-30-22-12-4-3-5-13-22)16-23-17-28-27(31-23)26(20-10-6-7-11-20)24-14-8-9-15-25(24)29/h3-5,8-9,12-15,17,20-21,26,29H,6-7,10-11,16,18H2,1-2H3. The number of oxazole rings is 1. The second kappa shape index (κ2) is 10.0. The van der Waals surface area contributed by atoms with E-state index in [2.05, 4.69) is 18.8 Å². The number of phenolic OH excluding ortho intramolecular Hbond substituents is 1. The van der Waals surface area contributed by atoms with Crippen LogP contribution in [0.3, 0.4) is 0 Å². The molecule has 1 radical (unpaired) electrons. The molecule has 1 aliphatic rings. The van der Waals surface area contributed by atoms with Crippen molar-refractivity contribution in [3.8, 4) is 11.5 Å². The Hall–Kier alpha value is -2.75. The van der Waals surface area contributed by atoms with E-state index in [4.69, 9.17) is 9.15 Å².